The highest BCUT2D eigenvalue weighted by Crippen LogP contribution is 2.45. The maximum atomic E-state index is 13.6. The highest BCUT2D eigenvalue weighted by molar-refractivity contribution is 6.12. The average molecular weight is 426 g/mol. The summed E-state index contributed by atoms with van der Waals surface area (Å²) in [5.74, 6) is -2.96. The molecule has 1 N–H and O–H groups in total. The van der Waals surface area contributed by atoms with Crippen molar-refractivity contribution in [3.05, 3.63) is 57.9 Å². The molecule has 31 heavy (non-hydrogen) atoms. The first kappa shape index (κ1) is 22.8. The summed E-state index contributed by atoms with van der Waals surface area (Å²) < 4.78 is 10.6. The van der Waals surface area contributed by atoms with Crippen molar-refractivity contribution in [2.24, 2.45) is 11.8 Å². The Kier molecular flexibility index (Phi) is 6.68. The number of benzene rings is 1. The number of carbonyl (C=O) groups is 3. The molecule has 6 nitrogen and oxygen atoms in total. The third-order valence-electron chi connectivity index (χ3n) is 6.26. The van der Waals surface area contributed by atoms with Crippen LogP contribution >= 0.6 is 0 Å². The lowest BCUT2D eigenvalue weighted by molar-refractivity contribution is -0.151. The van der Waals surface area contributed by atoms with Gasteiger partial charge < -0.3 is 14.8 Å². The molecule has 0 fully saturated rings. The Labute approximate surface area is 183 Å². The van der Waals surface area contributed by atoms with Gasteiger partial charge in [0.25, 0.3) is 0 Å². The van der Waals surface area contributed by atoms with Crippen LogP contribution in [0, 0.1) is 18.8 Å². The zero-order valence-electron chi connectivity index (χ0n) is 19.1. The van der Waals surface area contributed by atoms with Gasteiger partial charge in [-0.3, -0.25) is 9.59 Å². The average Bonchev–Trinajstić information content (AvgIpc) is 2.72. The van der Waals surface area contributed by atoms with E-state index in [0.29, 0.717) is 29.7 Å². The van der Waals surface area contributed by atoms with E-state index in [0.717, 1.165) is 16.8 Å². The van der Waals surface area contributed by atoms with Crippen LogP contribution in [-0.4, -0.2) is 30.9 Å². The van der Waals surface area contributed by atoms with Crippen LogP contribution in [0.15, 0.2) is 46.8 Å². The monoisotopic (exact) mass is 425 g/mol. The Balaban J connectivity index is 2.15. The van der Waals surface area contributed by atoms with Gasteiger partial charge in [-0.25, -0.2) is 4.79 Å². The smallest absolute Gasteiger partial charge is 0.337 e. The number of methoxy groups -OCH3 is 1. The second-order valence-corrected chi connectivity index (χ2v) is 8.57. The zero-order valence-corrected chi connectivity index (χ0v) is 19.1. The summed E-state index contributed by atoms with van der Waals surface area (Å²) in [7, 11) is 1.29. The van der Waals surface area contributed by atoms with E-state index in [-0.39, 0.29) is 17.8 Å². The van der Waals surface area contributed by atoms with Crippen molar-refractivity contribution in [1.82, 2.24) is 5.32 Å². The molecule has 4 atom stereocenters. The molecule has 1 heterocycles. The molecule has 1 aliphatic heterocycles. The number of aryl methyl sites for hydroxylation is 1. The first-order chi connectivity index (χ1) is 14.7. The van der Waals surface area contributed by atoms with Gasteiger partial charge in [0.15, 0.2) is 5.78 Å². The van der Waals surface area contributed by atoms with Crippen LogP contribution in [0.1, 0.15) is 57.6 Å². The highest BCUT2D eigenvalue weighted by Gasteiger charge is 2.47. The molecule has 0 aromatic heterocycles. The summed E-state index contributed by atoms with van der Waals surface area (Å²) >= 11 is 0. The van der Waals surface area contributed by atoms with Crippen molar-refractivity contribution in [3.63, 3.8) is 0 Å². The lowest BCUT2D eigenvalue weighted by Crippen LogP contribution is -2.43. The lowest BCUT2D eigenvalue weighted by Gasteiger charge is -2.38. The number of esters is 2. The van der Waals surface area contributed by atoms with Crippen molar-refractivity contribution < 1.29 is 23.9 Å². The predicted octanol–water partition coefficient (Wildman–Crippen LogP) is 3.95. The molecule has 1 aromatic rings. The third kappa shape index (κ3) is 4.29. The van der Waals surface area contributed by atoms with Gasteiger partial charge in [0.1, 0.15) is 5.92 Å². The molecular weight excluding hydrogens is 394 g/mol. The largest absolute Gasteiger partial charge is 0.468 e. The van der Waals surface area contributed by atoms with Gasteiger partial charge in [0.2, 0.25) is 0 Å². The lowest BCUT2D eigenvalue weighted by atomic mass is 9.69. The number of dihydropyridines is 1. The topological polar surface area (TPSA) is 81.7 Å². The number of ketones is 1. The van der Waals surface area contributed by atoms with Gasteiger partial charge >= 0.3 is 11.9 Å². The van der Waals surface area contributed by atoms with Crippen LogP contribution in [0.25, 0.3) is 0 Å². The quantitative estimate of drug-likeness (QED) is 0.568. The highest BCUT2D eigenvalue weighted by atomic mass is 16.5. The molecule has 0 bridgehead atoms. The molecule has 2 aliphatic rings. The van der Waals surface area contributed by atoms with Gasteiger partial charge in [0.05, 0.1) is 18.8 Å². The molecule has 1 aromatic carbocycles. The van der Waals surface area contributed by atoms with Crippen molar-refractivity contribution >= 4 is 17.7 Å². The Morgan fingerprint density at radius 2 is 1.84 bits per heavy atom. The summed E-state index contributed by atoms with van der Waals surface area (Å²) in [6.07, 6.45) is 0.968. The van der Waals surface area contributed by atoms with E-state index < -0.39 is 23.8 Å². The number of ether oxygens (including phenoxy) is 2. The Hall–Kier alpha value is -2.89. The summed E-state index contributed by atoms with van der Waals surface area (Å²) in [6.45, 7) is 9.48. The fourth-order valence-electron chi connectivity index (χ4n) is 4.37. The van der Waals surface area contributed by atoms with Crippen molar-refractivity contribution in [1.29, 1.82) is 0 Å². The number of hydrogen-bond donors (Lipinski definition) is 1. The summed E-state index contributed by atoms with van der Waals surface area (Å²) in [4.78, 5) is 39.2. The van der Waals surface area contributed by atoms with E-state index in [4.69, 9.17) is 9.47 Å². The molecule has 3 rings (SSSR count). The third-order valence-corrected chi connectivity index (χ3v) is 6.26. The van der Waals surface area contributed by atoms with E-state index >= 15 is 0 Å². The van der Waals surface area contributed by atoms with Crippen molar-refractivity contribution in [2.75, 3.05) is 7.11 Å². The number of allylic oxidation sites excluding steroid dienone is 3. The molecule has 6 heteroatoms. The zero-order chi connectivity index (χ0) is 22.9. The van der Waals surface area contributed by atoms with Gasteiger partial charge in [-0.15, -0.1) is 0 Å². The normalized spacial score (nSPS) is 24.3. The predicted molar refractivity (Wildman–Crippen MR) is 117 cm³/mol. The minimum Gasteiger partial charge on any atom is -0.468 e. The summed E-state index contributed by atoms with van der Waals surface area (Å²) in [6, 6.07) is 7.77. The van der Waals surface area contributed by atoms with Gasteiger partial charge in [-0.2, -0.15) is 0 Å². The van der Waals surface area contributed by atoms with Crippen LogP contribution in [0.4, 0.5) is 0 Å². The molecule has 0 radical (unpaired) electrons. The molecule has 0 saturated carbocycles. The van der Waals surface area contributed by atoms with Crippen molar-refractivity contribution in [2.45, 2.75) is 59.5 Å². The first-order valence-electron chi connectivity index (χ1n) is 10.8. The fraction of sp³-hybridized carbons (Fsp3) is 0.480. The number of Topliss-reactive ketones (excluding diaryl/α,β-unsaturated/α-hetero) is 1. The second kappa shape index (κ2) is 9.08. The Bertz CT molecular complexity index is 957. The van der Waals surface area contributed by atoms with E-state index in [1.165, 1.54) is 7.11 Å². The van der Waals surface area contributed by atoms with Crippen LogP contribution in [-0.2, 0) is 23.9 Å². The maximum Gasteiger partial charge on any atom is 0.337 e. The Morgan fingerprint density at radius 3 is 2.42 bits per heavy atom. The number of nitrogens with one attached hydrogen (secondary N) is 1. The van der Waals surface area contributed by atoms with Crippen LogP contribution in [0.5, 0.6) is 0 Å². The molecular formula is C25H31NO5. The minimum absolute atomic E-state index is 0.203. The first-order valence-corrected chi connectivity index (χ1v) is 10.8. The standard InChI is InChI=1S/C25H31NO5/c1-7-15(4)31-25(29)20-16(5)26-18-12-14(3)19(24(28)30-6)23(27)22(18)21(20)17-10-8-13(2)9-11-17/h8-11,14-15,19,21,26H,7,12H2,1-6H3/t14-,15+,19-,21-/m0/s1. The summed E-state index contributed by atoms with van der Waals surface area (Å²) in [5, 5.41) is 3.28. The van der Waals surface area contributed by atoms with E-state index in [9.17, 15) is 14.4 Å². The van der Waals surface area contributed by atoms with Crippen LogP contribution in [0.3, 0.4) is 0 Å². The SMILES string of the molecule is CC[C@@H](C)OC(=O)C1=C(C)NC2=C(C(=O)[C@@H](C(=O)OC)[C@@H](C)C2)[C@H]1c1ccc(C)cc1. The van der Waals surface area contributed by atoms with Crippen LogP contribution < -0.4 is 5.32 Å². The molecule has 0 unspecified atom stereocenters. The van der Waals surface area contributed by atoms with E-state index in [1.54, 1.807) is 0 Å². The molecule has 1 aliphatic carbocycles. The minimum atomic E-state index is -0.885. The number of rotatable bonds is 5. The number of carbonyl (C=O) groups excluding carboxylic acids is 3. The molecule has 0 amide bonds. The van der Waals surface area contributed by atoms with E-state index in [2.05, 4.69) is 5.32 Å². The number of hydrogen-bond acceptors (Lipinski definition) is 6. The molecule has 0 spiro atoms. The maximum absolute atomic E-state index is 13.6. The van der Waals surface area contributed by atoms with Crippen LogP contribution in [0.2, 0.25) is 0 Å². The van der Waals surface area contributed by atoms with Gasteiger partial charge in [-0.1, -0.05) is 43.7 Å². The van der Waals surface area contributed by atoms with Gasteiger partial charge in [-0.05, 0) is 45.1 Å². The molecule has 166 valence electrons. The van der Waals surface area contributed by atoms with E-state index in [1.807, 2.05) is 58.9 Å². The summed E-state index contributed by atoms with van der Waals surface area (Å²) in [5.41, 5.74) is 4.21. The van der Waals surface area contributed by atoms with Crippen molar-refractivity contribution in [3.8, 4) is 0 Å². The second-order valence-electron chi connectivity index (χ2n) is 8.57. The molecule has 0 saturated heterocycles. The fourth-order valence-corrected chi connectivity index (χ4v) is 4.37. The Morgan fingerprint density at radius 1 is 1.19 bits per heavy atom. The van der Waals surface area contributed by atoms with Gasteiger partial charge in [0, 0.05) is 22.9 Å².